The van der Waals surface area contributed by atoms with Gasteiger partial charge >= 0.3 is 0 Å². The Morgan fingerprint density at radius 1 is 1.33 bits per heavy atom. The summed E-state index contributed by atoms with van der Waals surface area (Å²) < 4.78 is 11.5. The molecule has 1 aromatic heterocycles. The van der Waals surface area contributed by atoms with Crippen molar-refractivity contribution < 1.29 is 9.15 Å². The number of ether oxygens (including phenoxy) is 1. The summed E-state index contributed by atoms with van der Waals surface area (Å²) in [7, 11) is 0. The van der Waals surface area contributed by atoms with E-state index in [0.717, 1.165) is 21.5 Å². The summed E-state index contributed by atoms with van der Waals surface area (Å²) in [6, 6.07) is 9.85. The molecule has 0 saturated carbocycles. The van der Waals surface area contributed by atoms with E-state index in [1.54, 1.807) is 6.26 Å². The van der Waals surface area contributed by atoms with E-state index in [-0.39, 0.29) is 0 Å². The first kappa shape index (κ1) is 10.3. The molecule has 0 unspecified atom stereocenters. The lowest BCUT2D eigenvalue weighted by Gasteiger charge is -2.06. The van der Waals surface area contributed by atoms with Gasteiger partial charge < -0.3 is 9.15 Å². The van der Waals surface area contributed by atoms with Gasteiger partial charge in [-0.3, -0.25) is 0 Å². The Kier molecular flexibility index (Phi) is 3.11. The highest BCUT2D eigenvalue weighted by molar-refractivity contribution is 9.10. The highest BCUT2D eigenvalue weighted by Gasteiger charge is 2.01. The van der Waals surface area contributed by atoms with Crippen LogP contribution in [0.5, 0.6) is 5.75 Å². The fourth-order valence-corrected chi connectivity index (χ4v) is 1.69. The van der Waals surface area contributed by atoms with Gasteiger partial charge in [-0.2, -0.15) is 0 Å². The van der Waals surface area contributed by atoms with Gasteiger partial charge in [0, 0.05) is 5.56 Å². The number of rotatable bonds is 3. The Bertz CT molecular complexity index is 448. The van der Waals surface area contributed by atoms with Gasteiger partial charge in [-0.25, -0.2) is 0 Å². The fraction of sp³-hybridized carbons (Fsp3) is 0.167. The van der Waals surface area contributed by atoms with E-state index in [9.17, 15) is 0 Å². The number of hydrogen-bond acceptors (Lipinski definition) is 2. The van der Waals surface area contributed by atoms with Gasteiger partial charge in [-0.1, -0.05) is 18.2 Å². The quantitative estimate of drug-likeness (QED) is 0.840. The number of furan rings is 1. The Morgan fingerprint density at radius 2 is 2.13 bits per heavy atom. The minimum Gasteiger partial charge on any atom is -0.489 e. The Balaban J connectivity index is 2.02. The first-order valence-corrected chi connectivity index (χ1v) is 5.46. The number of halogens is 1. The van der Waals surface area contributed by atoms with Crippen molar-refractivity contribution >= 4 is 15.9 Å². The number of aryl methyl sites for hydroxylation is 1. The maximum Gasteiger partial charge on any atom is 0.169 e. The normalized spacial score (nSPS) is 10.3. The first-order chi connectivity index (χ1) is 7.25. The molecule has 3 heteroatoms. The highest BCUT2D eigenvalue weighted by atomic mass is 79.9. The number of para-hydroxylation sites is 1. The maximum atomic E-state index is 5.66. The molecule has 0 amide bonds. The van der Waals surface area contributed by atoms with Crippen molar-refractivity contribution in [3.63, 3.8) is 0 Å². The van der Waals surface area contributed by atoms with Gasteiger partial charge in [0.05, 0.1) is 6.26 Å². The Hall–Kier alpha value is -1.22. The summed E-state index contributed by atoms with van der Waals surface area (Å²) >= 11 is 3.25. The second-order valence-electron chi connectivity index (χ2n) is 3.31. The molecule has 0 aliphatic carbocycles. The van der Waals surface area contributed by atoms with E-state index >= 15 is 0 Å². The molecule has 0 atom stereocenters. The molecule has 15 heavy (non-hydrogen) atoms. The smallest absolute Gasteiger partial charge is 0.169 e. The van der Waals surface area contributed by atoms with Crippen LogP contribution in [0.4, 0.5) is 0 Å². The number of hydrogen-bond donors (Lipinski definition) is 0. The molecule has 0 N–H and O–H groups in total. The lowest BCUT2D eigenvalue weighted by atomic mass is 10.2. The minimum atomic E-state index is 0.528. The van der Waals surface area contributed by atoms with E-state index in [4.69, 9.17) is 9.15 Å². The molecule has 0 aliphatic heterocycles. The molecular formula is C12H11BrO2. The molecule has 0 saturated heterocycles. The molecule has 0 radical (unpaired) electrons. The molecule has 2 aromatic rings. The summed E-state index contributed by atoms with van der Waals surface area (Å²) in [6.07, 6.45) is 1.68. The fourth-order valence-electron chi connectivity index (χ4n) is 1.30. The van der Waals surface area contributed by atoms with Crippen molar-refractivity contribution in [1.29, 1.82) is 0 Å². The minimum absolute atomic E-state index is 0.528. The van der Waals surface area contributed by atoms with Crippen LogP contribution in [-0.2, 0) is 6.61 Å². The molecule has 1 aromatic carbocycles. The van der Waals surface area contributed by atoms with Crippen LogP contribution in [0.3, 0.4) is 0 Å². The van der Waals surface area contributed by atoms with Crippen LogP contribution >= 0.6 is 15.9 Å². The van der Waals surface area contributed by atoms with Crippen LogP contribution < -0.4 is 4.74 Å². The SMILES string of the molecule is Cc1ccccc1OCc1coc(Br)c1. The zero-order valence-electron chi connectivity index (χ0n) is 8.37. The van der Waals surface area contributed by atoms with Gasteiger partial charge in [0.1, 0.15) is 12.4 Å². The first-order valence-electron chi connectivity index (χ1n) is 4.67. The van der Waals surface area contributed by atoms with E-state index < -0.39 is 0 Å². The zero-order chi connectivity index (χ0) is 10.7. The van der Waals surface area contributed by atoms with E-state index in [1.807, 2.05) is 37.3 Å². The van der Waals surface area contributed by atoms with Crippen molar-refractivity contribution in [1.82, 2.24) is 0 Å². The van der Waals surface area contributed by atoms with Crippen LogP contribution in [0.15, 0.2) is 45.7 Å². The standard InChI is InChI=1S/C12H11BrO2/c1-9-4-2-3-5-11(9)14-7-10-6-12(13)15-8-10/h2-6,8H,7H2,1H3. The molecule has 78 valence electrons. The maximum absolute atomic E-state index is 5.66. The van der Waals surface area contributed by atoms with E-state index in [0.29, 0.717) is 6.61 Å². The average Bonchev–Trinajstić information content (AvgIpc) is 2.63. The lowest BCUT2D eigenvalue weighted by Crippen LogP contribution is -1.94. The van der Waals surface area contributed by atoms with Gasteiger partial charge in [0.2, 0.25) is 0 Å². The van der Waals surface area contributed by atoms with E-state index in [2.05, 4.69) is 15.9 Å². The van der Waals surface area contributed by atoms with Crippen LogP contribution in [0.25, 0.3) is 0 Å². The lowest BCUT2D eigenvalue weighted by molar-refractivity contribution is 0.302. The molecular weight excluding hydrogens is 256 g/mol. The highest BCUT2D eigenvalue weighted by Crippen LogP contribution is 2.19. The molecule has 0 spiro atoms. The molecule has 1 heterocycles. The Morgan fingerprint density at radius 3 is 2.80 bits per heavy atom. The second kappa shape index (κ2) is 4.53. The van der Waals surface area contributed by atoms with Gasteiger partial charge in [-0.15, -0.1) is 0 Å². The van der Waals surface area contributed by atoms with Crippen molar-refractivity contribution in [3.8, 4) is 5.75 Å². The number of benzene rings is 1. The third-order valence-corrected chi connectivity index (χ3v) is 2.53. The molecule has 0 aliphatic rings. The predicted molar refractivity (Wildman–Crippen MR) is 61.9 cm³/mol. The van der Waals surface area contributed by atoms with Crippen molar-refractivity contribution in [2.45, 2.75) is 13.5 Å². The summed E-state index contributed by atoms with van der Waals surface area (Å²) in [5.41, 5.74) is 2.16. The predicted octanol–water partition coefficient (Wildman–Crippen LogP) is 3.93. The van der Waals surface area contributed by atoms with E-state index in [1.165, 1.54) is 0 Å². The van der Waals surface area contributed by atoms with Crippen LogP contribution in [-0.4, -0.2) is 0 Å². The van der Waals surface area contributed by atoms with Crippen LogP contribution in [0.2, 0.25) is 0 Å². The third kappa shape index (κ3) is 2.63. The average molecular weight is 267 g/mol. The van der Waals surface area contributed by atoms with Crippen molar-refractivity contribution in [2.75, 3.05) is 0 Å². The molecule has 0 bridgehead atoms. The molecule has 2 nitrogen and oxygen atoms in total. The van der Waals surface area contributed by atoms with Crippen LogP contribution in [0.1, 0.15) is 11.1 Å². The largest absolute Gasteiger partial charge is 0.489 e. The van der Waals surface area contributed by atoms with Crippen LogP contribution in [0, 0.1) is 6.92 Å². The Labute approximate surface area is 97.0 Å². The summed E-state index contributed by atoms with van der Waals surface area (Å²) in [5.74, 6) is 0.912. The topological polar surface area (TPSA) is 22.4 Å². The summed E-state index contributed by atoms with van der Waals surface area (Å²) in [6.45, 7) is 2.56. The molecule has 0 fully saturated rings. The summed E-state index contributed by atoms with van der Waals surface area (Å²) in [4.78, 5) is 0. The monoisotopic (exact) mass is 266 g/mol. The van der Waals surface area contributed by atoms with Crippen molar-refractivity contribution in [3.05, 3.63) is 52.4 Å². The summed E-state index contributed by atoms with van der Waals surface area (Å²) in [5, 5.41) is 0. The molecule has 2 rings (SSSR count). The van der Waals surface area contributed by atoms with Gasteiger partial charge in [0.25, 0.3) is 0 Å². The second-order valence-corrected chi connectivity index (χ2v) is 4.09. The van der Waals surface area contributed by atoms with Crippen molar-refractivity contribution in [2.24, 2.45) is 0 Å². The van der Waals surface area contributed by atoms with Gasteiger partial charge in [-0.05, 0) is 40.5 Å². The third-order valence-electron chi connectivity index (χ3n) is 2.11. The van der Waals surface area contributed by atoms with Gasteiger partial charge in [0.15, 0.2) is 4.67 Å². The zero-order valence-corrected chi connectivity index (χ0v) is 9.95.